The number of benzene rings is 2. The van der Waals surface area contributed by atoms with Gasteiger partial charge in [0.1, 0.15) is 5.75 Å². The van der Waals surface area contributed by atoms with E-state index < -0.39 is 5.97 Å². The summed E-state index contributed by atoms with van der Waals surface area (Å²) in [7, 11) is 0. The highest BCUT2D eigenvalue weighted by atomic mass is 16.6. The lowest BCUT2D eigenvalue weighted by Crippen LogP contribution is -2.29. The zero-order chi connectivity index (χ0) is 20.6. The number of anilines is 2. The van der Waals surface area contributed by atoms with Crippen LogP contribution in [-0.4, -0.2) is 38.2 Å². The summed E-state index contributed by atoms with van der Waals surface area (Å²) in [4.78, 5) is 26.2. The standard InChI is InChI=1S/C23H28N2O4/c1-17-12-18(2)14-21(13-17)28-16-23(27)29-15-22(26)24-19-6-8-20(9-7-19)25-10-4-3-5-11-25/h6-9,12-14H,3-5,10-11,15-16H2,1-2H3,(H,24,26). The normalized spacial score (nSPS) is 13.7. The van der Waals surface area contributed by atoms with Crippen molar-refractivity contribution in [2.45, 2.75) is 33.1 Å². The molecule has 2 aromatic rings. The Labute approximate surface area is 171 Å². The highest BCUT2D eigenvalue weighted by molar-refractivity contribution is 5.93. The lowest BCUT2D eigenvalue weighted by Gasteiger charge is -2.28. The molecule has 0 bridgehead atoms. The van der Waals surface area contributed by atoms with Gasteiger partial charge in [0, 0.05) is 24.5 Å². The molecule has 1 aliphatic heterocycles. The first-order valence-electron chi connectivity index (χ1n) is 10.0. The molecule has 0 atom stereocenters. The molecule has 29 heavy (non-hydrogen) atoms. The van der Waals surface area contributed by atoms with E-state index in [9.17, 15) is 9.59 Å². The van der Waals surface area contributed by atoms with Crippen molar-refractivity contribution in [1.82, 2.24) is 0 Å². The molecule has 1 saturated heterocycles. The molecule has 1 fully saturated rings. The largest absolute Gasteiger partial charge is 0.482 e. The lowest BCUT2D eigenvalue weighted by atomic mass is 10.1. The van der Waals surface area contributed by atoms with Gasteiger partial charge in [-0.1, -0.05) is 6.07 Å². The van der Waals surface area contributed by atoms with E-state index >= 15 is 0 Å². The summed E-state index contributed by atoms with van der Waals surface area (Å²) >= 11 is 0. The quantitative estimate of drug-likeness (QED) is 0.720. The summed E-state index contributed by atoms with van der Waals surface area (Å²) in [6, 6.07) is 13.5. The predicted octanol–water partition coefficient (Wildman–Crippen LogP) is 3.85. The molecule has 1 heterocycles. The third-order valence-electron chi connectivity index (χ3n) is 4.79. The van der Waals surface area contributed by atoms with Crippen molar-refractivity contribution in [3.05, 3.63) is 53.6 Å². The second-order valence-electron chi connectivity index (χ2n) is 7.42. The summed E-state index contributed by atoms with van der Waals surface area (Å²) in [6.07, 6.45) is 3.73. The van der Waals surface area contributed by atoms with Gasteiger partial charge in [0.25, 0.3) is 5.91 Å². The number of nitrogens with zero attached hydrogens (tertiary/aromatic N) is 1. The van der Waals surface area contributed by atoms with Gasteiger partial charge in [0.2, 0.25) is 0 Å². The Bertz CT molecular complexity index is 822. The minimum atomic E-state index is -0.584. The molecule has 0 radical (unpaired) electrons. The number of carbonyl (C=O) groups is 2. The fourth-order valence-electron chi connectivity index (χ4n) is 3.45. The van der Waals surface area contributed by atoms with Gasteiger partial charge in [-0.2, -0.15) is 0 Å². The monoisotopic (exact) mass is 396 g/mol. The third-order valence-corrected chi connectivity index (χ3v) is 4.79. The van der Waals surface area contributed by atoms with Crippen LogP contribution in [-0.2, 0) is 14.3 Å². The van der Waals surface area contributed by atoms with Crippen LogP contribution in [0.3, 0.4) is 0 Å². The first-order chi connectivity index (χ1) is 14.0. The molecular weight excluding hydrogens is 368 g/mol. The van der Waals surface area contributed by atoms with E-state index in [2.05, 4.69) is 10.2 Å². The SMILES string of the molecule is Cc1cc(C)cc(OCC(=O)OCC(=O)Nc2ccc(N3CCCCC3)cc2)c1. The smallest absolute Gasteiger partial charge is 0.344 e. The number of ether oxygens (including phenoxy) is 2. The maximum atomic E-state index is 12.0. The van der Waals surface area contributed by atoms with Crippen LogP contribution in [0.4, 0.5) is 11.4 Å². The van der Waals surface area contributed by atoms with E-state index in [0.717, 1.165) is 29.9 Å². The fraction of sp³-hybridized carbons (Fsp3) is 0.391. The van der Waals surface area contributed by atoms with Crippen molar-refractivity contribution in [1.29, 1.82) is 0 Å². The second-order valence-corrected chi connectivity index (χ2v) is 7.42. The van der Waals surface area contributed by atoms with Crippen molar-refractivity contribution >= 4 is 23.3 Å². The molecule has 6 heteroatoms. The second kappa shape index (κ2) is 9.96. The summed E-state index contributed by atoms with van der Waals surface area (Å²) < 4.78 is 10.4. The number of carbonyl (C=O) groups excluding carboxylic acids is 2. The molecule has 154 valence electrons. The molecule has 1 aliphatic rings. The Hall–Kier alpha value is -3.02. The molecule has 0 spiro atoms. The average molecular weight is 396 g/mol. The number of rotatable bonds is 7. The molecule has 0 aromatic heterocycles. The molecule has 6 nitrogen and oxygen atoms in total. The van der Waals surface area contributed by atoms with Gasteiger partial charge in [0.05, 0.1) is 0 Å². The third kappa shape index (κ3) is 6.52. The van der Waals surface area contributed by atoms with Crippen LogP contribution in [0.25, 0.3) is 0 Å². The summed E-state index contributed by atoms with van der Waals surface area (Å²) in [5.74, 6) is -0.354. The average Bonchev–Trinajstić information content (AvgIpc) is 2.71. The van der Waals surface area contributed by atoms with Crippen LogP contribution in [0, 0.1) is 13.8 Å². The molecular formula is C23H28N2O4. The zero-order valence-corrected chi connectivity index (χ0v) is 17.1. The van der Waals surface area contributed by atoms with Crippen LogP contribution >= 0.6 is 0 Å². The molecule has 2 aromatic carbocycles. The molecule has 0 unspecified atom stereocenters. The van der Waals surface area contributed by atoms with E-state index in [1.165, 1.54) is 19.3 Å². The molecule has 1 amide bonds. The van der Waals surface area contributed by atoms with Crippen molar-refractivity contribution in [3.8, 4) is 5.75 Å². The maximum absolute atomic E-state index is 12.0. The molecule has 0 saturated carbocycles. The van der Waals surface area contributed by atoms with Gasteiger partial charge in [-0.3, -0.25) is 4.79 Å². The number of nitrogens with one attached hydrogen (secondary N) is 1. The van der Waals surface area contributed by atoms with Crippen LogP contribution in [0.15, 0.2) is 42.5 Å². The number of esters is 1. The van der Waals surface area contributed by atoms with Crippen LogP contribution < -0.4 is 15.0 Å². The van der Waals surface area contributed by atoms with E-state index in [0.29, 0.717) is 11.4 Å². The maximum Gasteiger partial charge on any atom is 0.344 e. The Kier molecular flexibility index (Phi) is 7.11. The highest BCUT2D eigenvalue weighted by Crippen LogP contribution is 2.21. The van der Waals surface area contributed by atoms with Gasteiger partial charge >= 0.3 is 5.97 Å². The molecule has 1 N–H and O–H groups in total. The van der Waals surface area contributed by atoms with Gasteiger partial charge in [0.15, 0.2) is 13.2 Å². The lowest BCUT2D eigenvalue weighted by molar-refractivity contribution is -0.149. The summed E-state index contributed by atoms with van der Waals surface area (Å²) in [5, 5.41) is 2.74. The van der Waals surface area contributed by atoms with Gasteiger partial charge in [-0.05, 0) is 80.6 Å². The van der Waals surface area contributed by atoms with Crippen LogP contribution in [0.1, 0.15) is 30.4 Å². The fourth-order valence-corrected chi connectivity index (χ4v) is 3.45. The predicted molar refractivity (Wildman–Crippen MR) is 114 cm³/mol. The molecule has 3 rings (SSSR count). The number of piperidine rings is 1. The topological polar surface area (TPSA) is 67.9 Å². The molecule has 0 aliphatic carbocycles. The van der Waals surface area contributed by atoms with E-state index in [1.54, 1.807) is 0 Å². The van der Waals surface area contributed by atoms with Crippen molar-refractivity contribution in [2.75, 3.05) is 36.5 Å². The van der Waals surface area contributed by atoms with Gasteiger partial charge < -0.3 is 19.7 Å². The highest BCUT2D eigenvalue weighted by Gasteiger charge is 2.12. The van der Waals surface area contributed by atoms with E-state index in [1.807, 2.05) is 56.3 Å². The number of amides is 1. The minimum absolute atomic E-state index is 0.235. The summed E-state index contributed by atoms with van der Waals surface area (Å²) in [5.41, 5.74) is 3.95. The number of aryl methyl sites for hydroxylation is 2. The Morgan fingerprint density at radius 2 is 1.59 bits per heavy atom. The Balaban J connectivity index is 1.40. The minimum Gasteiger partial charge on any atom is -0.482 e. The van der Waals surface area contributed by atoms with E-state index in [-0.39, 0.29) is 19.1 Å². The Morgan fingerprint density at radius 3 is 2.24 bits per heavy atom. The van der Waals surface area contributed by atoms with Gasteiger partial charge in [-0.15, -0.1) is 0 Å². The van der Waals surface area contributed by atoms with Crippen molar-refractivity contribution in [3.63, 3.8) is 0 Å². The Morgan fingerprint density at radius 1 is 0.931 bits per heavy atom. The van der Waals surface area contributed by atoms with Crippen LogP contribution in [0.2, 0.25) is 0 Å². The number of hydrogen-bond donors (Lipinski definition) is 1. The van der Waals surface area contributed by atoms with Crippen molar-refractivity contribution < 1.29 is 19.1 Å². The first-order valence-corrected chi connectivity index (χ1v) is 10.0. The van der Waals surface area contributed by atoms with Gasteiger partial charge in [-0.25, -0.2) is 4.79 Å². The summed E-state index contributed by atoms with van der Waals surface area (Å²) in [6.45, 7) is 5.49. The zero-order valence-electron chi connectivity index (χ0n) is 17.1. The van der Waals surface area contributed by atoms with Crippen LogP contribution in [0.5, 0.6) is 5.75 Å². The van der Waals surface area contributed by atoms with Crippen molar-refractivity contribution in [2.24, 2.45) is 0 Å². The first kappa shape index (κ1) is 20.7. The number of hydrogen-bond acceptors (Lipinski definition) is 5. The van der Waals surface area contributed by atoms with E-state index in [4.69, 9.17) is 9.47 Å².